The Kier molecular flexibility index (Phi) is 8.78. The minimum Gasteiger partial charge on any atom is -0.477 e. The summed E-state index contributed by atoms with van der Waals surface area (Å²) in [6.07, 6.45) is 3.23. The lowest BCUT2D eigenvalue weighted by Crippen LogP contribution is -2.35. The van der Waals surface area contributed by atoms with Crippen LogP contribution in [0.25, 0.3) is 0 Å². The summed E-state index contributed by atoms with van der Waals surface area (Å²) in [7, 11) is 1.52. The Morgan fingerprint density at radius 2 is 1.89 bits per heavy atom. The van der Waals surface area contributed by atoms with E-state index in [0.29, 0.717) is 18.0 Å². The van der Waals surface area contributed by atoms with Crippen LogP contribution in [0, 0.1) is 0 Å². The molecule has 0 aliphatic heterocycles. The van der Waals surface area contributed by atoms with E-state index in [-0.39, 0.29) is 12.5 Å². The van der Waals surface area contributed by atoms with Crippen molar-refractivity contribution in [1.29, 1.82) is 0 Å². The number of hydrogen-bond donors (Lipinski definition) is 1. The van der Waals surface area contributed by atoms with Crippen molar-refractivity contribution in [3.8, 4) is 0 Å². The zero-order chi connectivity index (χ0) is 19.6. The van der Waals surface area contributed by atoms with E-state index < -0.39 is 5.97 Å². The van der Waals surface area contributed by atoms with Gasteiger partial charge in [0.1, 0.15) is 11.5 Å². The number of ether oxygens (including phenoxy) is 1. The molecule has 0 unspecified atom stereocenters. The van der Waals surface area contributed by atoms with Crippen LogP contribution in [0.3, 0.4) is 0 Å². The molecule has 0 atom stereocenters. The lowest BCUT2D eigenvalue weighted by atomic mass is 10.1. The highest BCUT2D eigenvalue weighted by atomic mass is 35.5. The number of thiophene rings is 1. The average Bonchev–Trinajstić information content (AvgIpc) is 3.10. The molecule has 1 amide bonds. The molecule has 1 aromatic heterocycles. The first-order chi connectivity index (χ1) is 13.0. The predicted octanol–water partition coefficient (Wildman–Crippen LogP) is 4.14. The molecule has 0 bridgehead atoms. The lowest BCUT2D eigenvalue weighted by Gasteiger charge is -2.22. The van der Waals surface area contributed by atoms with Crippen molar-refractivity contribution in [2.24, 2.45) is 0 Å². The molecule has 2 aromatic rings. The molecule has 1 heterocycles. The summed E-state index contributed by atoms with van der Waals surface area (Å²) in [5.74, 6) is -0.926. The fraction of sp³-hybridized carbons (Fsp3) is 0.400. The van der Waals surface area contributed by atoms with Crippen molar-refractivity contribution in [1.82, 2.24) is 4.90 Å². The van der Waals surface area contributed by atoms with Gasteiger partial charge in [-0.05, 0) is 55.5 Å². The number of carboxylic acid groups (broad SMARTS) is 1. The topological polar surface area (TPSA) is 66.8 Å². The summed E-state index contributed by atoms with van der Waals surface area (Å²) in [6.45, 7) is 1.34. The van der Waals surface area contributed by atoms with Crippen molar-refractivity contribution >= 4 is 34.8 Å². The van der Waals surface area contributed by atoms with Gasteiger partial charge in [-0.1, -0.05) is 23.7 Å². The number of methoxy groups -OCH3 is 1. The fourth-order valence-electron chi connectivity index (χ4n) is 2.81. The minimum atomic E-state index is -0.899. The fourth-order valence-corrected chi connectivity index (χ4v) is 3.92. The van der Waals surface area contributed by atoms with Crippen LogP contribution in [0.15, 0.2) is 36.4 Å². The number of nitrogens with zero attached hydrogens (tertiary/aromatic N) is 1. The highest BCUT2D eigenvalue weighted by Gasteiger charge is 2.13. The molecule has 1 N–H and O–H groups in total. The van der Waals surface area contributed by atoms with Crippen molar-refractivity contribution in [3.63, 3.8) is 0 Å². The highest BCUT2D eigenvalue weighted by molar-refractivity contribution is 7.13. The van der Waals surface area contributed by atoms with Gasteiger partial charge in [-0.15, -0.1) is 11.3 Å². The van der Waals surface area contributed by atoms with Gasteiger partial charge in [-0.2, -0.15) is 0 Å². The van der Waals surface area contributed by atoms with E-state index in [9.17, 15) is 9.59 Å². The van der Waals surface area contributed by atoms with E-state index in [2.05, 4.69) is 0 Å². The molecule has 7 heteroatoms. The molecule has 146 valence electrons. The van der Waals surface area contributed by atoms with Gasteiger partial charge < -0.3 is 14.7 Å². The van der Waals surface area contributed by atoms with Gasteiger partial charge in [0.15, 0.2) is 0 Å². The second-order valence-electron chi connectivity index (χ2n) is 6.22. The number of aromatic carboxylic acids is 1. The largest absolute Gasteiger partial charge is 0.477 e. The second-order valence-corrected chi connectivity index (χ2v) is 7.83. The number of aryl methyl sites for hydroxylation is 2. The van der Waals surface area contributed by atoms with Gasteiger partial charge >= 0.3 is 5.97 Å². The Balaban J connectivity index is 1.83. The summed E-state index contributed by atoms with van der Waals surface area (Å²) < 4.78 is 4.99. The van der Waals surface area contributed by atoms with Gasteiger partial charge in [-0.3, -0.25) is 4.79 Å². The monoisotopic (exact) mass is 409 g/mol. The first-order valence-corrected chi connectivity index (χ1v) is 10.0. The van der Waals surface area contributed by atoms with Crippen LogP contribution in [0.5, 0.6) is 0 Å². The Morgan fingerprint density at radius 1 is 1.15 bits per heavy atom. The standard InChI is InChI=1S/C20H24ClNO4S/c1-26-14-19(23)22(11-3-6-15-5-2-7-16(21)13-15)12-4-8-17-9-10-18(27-17)20(24)25/h2,5,7,9-10,13H,3-4,6,8,11-12,14H2,1H3,(H,24,25). The molecule has 0 saturated carbocycles. The van der Waals surface area contributed by atoms with Crippen LogP contribution >= 0.6 is 22.9 Å². The van der Waals surface area contributed by atoms with Gasteiger partial charge in [0.25, 0.3) is 0 Å². The number of amides is 1. The van der Waals surface area contributed by atoms with Crippen molar-refractivity contribution < 1.29 is 19.4 Å². The van der Waals surface area contributed by atoms with Gasteiger partial charge in [0, 0.05) is 30.1 Å². The van der Waals surface area contributed by atoms with Crippen LogP contribution < -0.4 is 0 Å². The maximum absolute atomic E-state index is 12.3. The van der Waals surface area contributed by atoms with Crippen LogP contribution in [0.1, 0.15) is 33.0 Å². The molecule has 27 heavy (non-hydrogen) atoms. The van der Waals surface area contributed by atoms with E-state index in [1.54, 1.807) is 6.07 Å². The molecular formula is C20H24ClNO4S. The summed E-state index contributed by atoms with van der Waals surface area (Å²) in [4.78, 5) is 26.4. The summed E-state index contributed by atoms with van der Waals surface area (Å²) in [5, 5.41) is 9.71. The molecule has 0 spiro atoms. The molecule has 0 fully saturated rings. The highest BCUT2D eigenvalue weighted by Crippen LogP contribution is 2.18. The van der Waals surface area contributed by atoms with Gasteiger partial charge in [0.05, 0.1) is 0 Å². The number of rotatable bonds is 11. The van der Waals surface area contributed by atoms with Gasteiger partial charge in [-0.25, -0.2) is 4.79 Å². The first kappa shape index (κ1) is 21.4. The maximum Gasteiger partial charge on any atom is 0.345 e. The summed E-state index contributed by atoms with van der Waals surface area (Å²) >= 11 is 7.30. The Morgan fingerprint density at radius 3 is 2.52 bits per heavy atom. The van der Waals surface area contributed by atoms with E-state index in [4.69, 9.17) is 21.4 Å². The van der Waals surface area contributed by atoms with Crippen LogP contribution in [-0.2, 0) is 22.4 Å². The van der Waals surface area contributed by atoms with E-state index in [1.807, 2.05) is 35.2 Å². The van der Waals surface area contributed by atoms with Crippen molar-refractivity contribution in [2.75, 3.05) is 26.8 Å². The smallest absolute Gasteiger partial charge is 0.345 e. The Labute approximate surface area is 168 Å². The number of hydrogen-bond acceptors (Lipinski definition) is 4. The predicted molar refractivity (Wildman–Crippen MR) is 108 cm³/mol. The maximum atomic E-state index is 12.3. The van der Waals surface area contributed by atoms with E-state index >= 15 is 0 Å². The number of carbonyl (C=O) groups excluding carboxylic acids is 1. The molecular weight excluding hydrogens is 386 g/mol. The third-order valence-corrected chi connectivity index (χ3v) is 5.49. The number of halogens is 1. The van der Waals surface area contributed by atoms with Crippen molar-refractivity contribution in [2.45, 2.75) is 25.7 Å². The molecule has 0 aliphatic carbocycles. The minimum absolute atomic E-state index is 0.0269. The molecule has 0 aliphatic rings. The third kappa shape index (κ3) is 7.33. The zero-order valence-corrected chi connectivity index (χ0v) is 16.9. The average molecular weight is 410 g/mol. The quantitative estimate of drug-likeness (QED) is 0.605. The molecule has 2 rings (SSSR count). The molecule has 5 nitrogen and oxygen atoms in total. The van der Waals surface area contributed by atoms with Crippen LogP contribution in [0.4, 0.5) is 0 Å². The zero-order valence-electron chi connectivity index (χ0n) is 15.3. The third-order valence-electron chi connectivity index (χ3n) is 4.13. The number of benzene rings is 1. The lowest BCUT2D eigenvalue weighted by molar-refractivity contribution is -0.135. The number of carboxylic acids is 1. The Bertz CT molecular complexity index is 762. The normalized spacial score (nSPS) is 10.7. The SMILES string of the molecule is COCC(=O)N(CCCc1cccc(Cl)c1)CCCc1ccc(C(=O)O)s1. The number of carbonyl (C=O) groups is 2. The summed E-state index contributed by atoms with van der Waals surface area (Å²) in [6, 6.07) is 11.2. The van der Waals surface area contributed by atoms with Crippen LogP contribution in [-0.4, -0.2) is 48.7 Å². The van der Waals surface area contributed by atoms with E-state index in [1.165, 1.54) is 18.4 Å². The molecule has 0 saturated heterocycles. The molecule has 0 radical (unpaired) electrons. The van der Waals surface area contributed by atoms with E-state index in [0.717, 1.165) is 41.1 Å². The summed E-state index contributed by atoms with van der Waals surface area (Å²) in [5.41, 5.74) is 1.15. The first-order valence-electron chi connectivity index (χ1n) is 8.82. The second kappa shape index (κ2) is 11.1. The van der Waals surface area contributed by atoms with Gasteiger partial charge in [0.2, 0.25) is 5.91 Å². The van der Waals surface area contributed by atoms with Crippen molar-refractivity contribution in [3.05, 3.63) is 56.7 Å². The Hall–Kier alpha value is -1.89. The molecule has 1 aromatic carbocycles. The van der Waals surface area contributed by atoms with Crippen LogP contribution in [0.2, 0.25) is 5.02 Å².